The van der Waals surface area contributed by atoms with E-state index in [1.807, 2.05) is 41.3 Å². The third-order valence-electron chi connectivity index (χ3n) is 9.96. The number of likely N-dealkylation sites (tertiary alicyclic amines) is 1. The Kier molecular flexibility index (Phi) is 18.0. The molecule has 0 saturated carbocycles. The molecule has 1 aliphatic rings. The fraction of sp³-hybridized carbons (Fsp3) is 0.467. The van der Waals surface area contributed by atoms with E-state index in [-0.39, 0.29) is 18.4 Å². The Hall–Kier alpha value is -4.37. The molecule has 0 bridgehead atoms. The van der Waals surface area contributed by atoms with Gasteiger partial charge in [0.1, 0.15) is 0 Å². The predicted octanol–water partition coefficient (Wildman–Crippen LogP) is 8.19. The van der Waals surface area contributed by atoms with Crippen LogP contribution in [0.1, 0.15) is 53.6 Å². The SMILES string of the molecule is CCOC(=O)c1ccc2ccc(-c3ccc(C(F)(F)F)cc3)cc2c1-c1ccc(C2CCN(C(=O)CCOCCOCCOCCOCCOCCOC)CC2)cc1. The second kappa shape index (κ2) is 23.3. The lowest BCUT2D eigenvalue weighted by Crippen LogP contribution is -2.38. The van der Waals surface area contributed by atoms with Crippen molar-refractivity contribution in [3.8, 4) is 22.3 Å². The van der Waals surface area contributed by atoms with Gasteiger partial charge in [0.05, 0.1) is 96.8 Å². The van der Waals surface area contributed by atoms with Gasteiger partial charge in [-0.2, -0.15) is 13.2 Å². The number of piperidine rings is 1. The number of benzene rings is 4. The minimum atomic E-state index is -4.42. The molecule has 13 heteroatoms. The molecule has 0 N–H and O–H groups in total. The van der Waals surface area contributed by atoms with E-state index in [0.29, 0.717) is 109 Å². The van der Waals surface area contributed by atoms with E-state index in [2.05, 4.69) is 12.1 Å². The van der Waals surface area contributed by atoms with Crippen LogP contribution >= 0.6 is 0 Å². The molecule has 1 heterocycles. The average Bonchev–Trinajstić information content (AvgIpc) is 3.24. The average molecular weight is 810 g/mol. The van der Waals surface area contributed by atoms with Gasteiger partial charge in [0.25, 0.3) is 0 Å². The maximum Gasteiger partial charge on any atom is 0.416 e. The summed E-state index contributed by atoms with van der Waals surface area (Å²) in [6, 6.07) is 22.5. The molecule has 4 aromatic carbocycles. The molecule has 1 amide bonds. The van der Waals surface area contributed by atoms with Gasteiger partial charge in [0.15, 0.2) is 0 Å². The van der Waals surface area contributed by atoms with Gasteiger partial charge < -0.3 is 38.1 Å². The first-order chi connectivity index (χ1) is 28.2. The van der Waals surface area contributed by atoms with Gasteiger partial charge in [-0.05, 0) is 83.0 Å². The number of carbonyl (C=O) groups excluding carboxylic acids is 2. The molecule has 0 unspecified atom stereocenters. The monoisotopic (exact) mass is 809 g/mol. The highest BCUT2D eigenvalue weighted by Gasteiger charge is 2.30. The molecule has 314 valence electrons. The van der Waals surface area contributed by atoms with Gasteiger partial charge in [-0.25, -0.2) is 4.79 Å². The zero-order valence-corrected chi connectivity index (χ0v) is 33.4. The predicted molar refractivity (Wildman–Crippen MR) is 215 cm³/mol. The Morgan fingerprint density at radius 3 is 1.72 bits per heavy atom. The molecule has 0 radical (unpaired) electrons. The van der Waals surface area contributed by atoms with Crippen LogP contribution in [0.3, 0.4) is 0 Å². The number of halogens is 3. The standard InChI is InChI=1S/C45H54F3NO9/c1-3-58-44(51)40-15-12-36-6-9-38(34-10-13-39(14-11-34)45(46,47)48)32-41(36)43(40)37-7-4-33(5-8-37)35-16-19-49(20-17-35)42(50)18-21-53-24-25-55-28-29-57-31-30-56-27-26-54-23-22-52-2/h4-15,32,35H,3,16-31H2,1-2H3. The van der Waals surface area contributed by atoms with Gasteiger partial charge in [0.2, 0.25) is 5.91 Å². The third-order valence-corrected chi connectivity index (χ3v) is 9.96. The van der Waals surface area contributed by atoms with Crippen molar-refractivity contribution >= 4 is 22.6 Å². The number of rotatable bonds is 23. The first-order valence-electron chi connectivity index (χ1n) is 19.9. The maximum atomic E-state index is 13.2. The zero-order valence-electron chi connectivity index (χ0n) is 33.4. The summed E-state index contributed by atoms with van der Waals surface area (Å²) < 4.78 is 77.4. The highest BCUT2D eigenvalue weighted by atomic mass is 19.4. The number of fused-ring (bicyclic) bond motifs is 1. The molecule has 0 aromatic heterocycles. The molecule has 5 rings (SSSR count). The lowest BCUT2D eigenvalue weighted by atomic mass is 9.86. The highest BCUT2D eigenvalue weighted by molar-refractivity contribution is 6.09. The summed E-state index contributed by atoms with van der Waals surface area (Å²) in [6.45, 7) is 8.49. The molecule has 1 saturated heterocycles. The summed E-state index contributed by atoms with van der Waals surface area (Å²) in [5, 5.41) is 1.67. The minimum absolute atomic E-state index is 0.0741. The van der Waals surface area contributed by atoms with Crippen LogP contribution in [0.4, 0.5) is 13.2 Å². The lowest BCUT2D eigenvalue weighted by Gasteiger charge is -2.32. The van der Waals surface area contributed by atoms with E-state index >= 15 is 0 Å². The van der Waals surface area contributed by atoms with Crippen LogP contribution in [0.15, 0.2) is 78.9 Å². The van der Waals surface area contributed by atoms with E-state index < -0.39 is 17.7 Å². The molecule has 58 heavy (non-hydrogen) atoms. The van der Waals surface area contributed by atoms with Crippen molar-refractivity contribution in [2.24, 2.45) is 0 Å². The van der Waals surface area contributed by atoms with E-state index in [9.17, 15) is 22.8 Å². The van der Waals surface area contributed by atoms with Crippen LogP contribution in [0.2, 0.25) is 0 Å². The van der Waals surface area contributed by atoms with E-state index in [1.54, 1.807) is 20.1 Å². The molecule has 0 spiro atoms. The number of amides is 1. The number of nitrogens with zero attached hydrogens (tertiary/aromatic N) is 1. The molecule has 10 nitrogen and oxygen atoms in total. The molecule has 0 atom stereocenters. The summed E-state index contributed by atoms with van der Waals surface area (Å²) in [7, 11) is 1.63. The van der Waals surface area contributed by atoms with Crippen LogP contribution < -0.4 is 0 Å². The van der Waals surface area contributed by atoms with Crippen LogP contribution in [0, 0.1) is 0 Å². The fourth-order valence-corrected chi connectivity index (χ4v) is 6.87. The van der Waals surface area contributed by atoms with Crippen molar-refractivity contribution < 1.29 is 55.9 Å². The number of ether oxygens (including phenoxy) is 7. The molecule has 4 aromatic rings. The lowest BCUT2D eigenvalue weighted by molar-refractivity contribution is -0.137. The first-order valence-corrected chi connectivity index (χ1v) is 19.9. The van der Waals surface area contributed by atoms with Gasteiger partial charge in [-0.1, -0.05) is 54.6 Å². The van der Waals surface area contributed by atoms with Crippen molar-refractivity contribution in [2.45, 2.75) is 38.3 Å². The Balaban J connectivity index is 1.07. The Morgan fingerprint density at radius 2 is 1.17 bits per heavy atom. The molecule has 1 fully saturated rings. The van der Waals surface area contributed by atoms with Crippen molar-refractivity contribution in [1.82, 2.24) is 4.90 Å². The molecule has 0 aliphatic carbocycles. The molecule has 1 aliphatic heterocycles. The van der Waals surface area contributed by atoms with Crippen molar-refractivity contribution in [1.29, 1.82) is 0 Å². The number of methoxy groups -OCH3 is 1. The van der Waals surface area contributed by atoms with Gasteiger partial charge in [-0.15, -0.1) is 0 Å². The Labute approximate surface area is 338 Å². The maximum absolute atomic E-state index is 13.2. The number of esters is 1. The van der Waals surface area contributed by atoms with E-state index in [1.165, 1.54) is 12.1 Å². The summed E-state index contributed by atoms with van der Waals surface area (Å²) in [6.07, 6.45) is -2.45. The van der Waals surface area contributed by atoms with Crippen molar-refractivity contribution in [2.75, 3.05) is 99.5 Å². The number of hydrogen-bond donors (Lipinski definition) is 0. The molecular weight excluding hydrogens is 755 g/mol. The Morgan fingerprint density at radius 1 is 0.655 bits per heavy atom. The van der Waals surface area contributed by atoms with Crippen molar-refractivity contribution in [3.63, 3.8) is 0 Å². The van der Waals surface area contributed by atoms with E-state index in [0.717, 1.165) is 52.4 Å². The zero-order chi connectivity index (χ0) is 41.2. The largest absolute Gasteiger partial charge is 0.462 e. The third kappa shape index (κ3) is 13.3. The Bertz CT molecular complexity index is 1860. The minimum Gasteiger partial charge on any atom is -0.462 e. The summed E-state index contributed by atoms with van der Waals surface area (Å²) in [5.41, 5.74) is 3.74. The second-order valence-corrected chi connectivity index (χ2v) is 13.8. The van der Waals surface area contributed by atoms with Crippen LogP contribution in [-0.4, -0.2) is 116 Å². The van der Waals surface area contributed by atoms with Gasteiger partial charge >= 0.3 is 12.1 Å². The second-order valence-electron chi connectivity index (χ2n) is 13.8. The summed E-state index contributed by atoms with van der Waals surface area (Å²) in [4.78, 5) is 28.0. The summed E-state index contributed by atoms with van der Waals surface area (Å²) in [5.74, 6) is -0.0999. The summed E-state index contributed by atoms with van der Waals surface area (Å²) >= 11 is 0. The normalized spacial score (nSPS) is 13.6. The highest BCUT2D eigenvalue weighted by Crippen LogP contribution is 2.38. The molecular formula is C45H54F3NO9. The van der Waals surface area contributed by atoms with Crippen LogP contribution in [-0.2, 0) is 44.1 Å². The fourth-order valence-electron chi connectivity index (χ4n) is 6.87. The smallest absolute Gasteiger partial charge is 0.416 e. The number of hydrogen-bond acceptors (Lipinski definition) is 9. The topological polar surface area (TPSA) is 102 Å². The first kappa shape index (κ1) is 44.7. The van der Waals surface area contributed by atoms with Gasteiger partial charge in [-0.3, -0.25) is 4.79 Å². The van der Waals surface area contributed by atoms with E-state index in [4.69, 9.17) is 33.2 Å². The van der Waals surface area contributed by atoms with Crippen LogP contribution in [0.25, 0.3) is 33.0 Å². The number of carbonyl (C=O) groups is 2. The number of alkyl halides is 3. The quantitative estimate of drug-likeness (QED) is 0.0543. The van der Waals surface area contributed by atoms with Crippen LogP contribution in [0.5, 0.6) is 0 Å². The van der Waals surface area contributed by atoms with Crippen molar-refractivity contribution in [3.05, 3.63) is 95.6 Å². The van der Waals surface area contributed by atoms with Gasteiger partial charge in [0, 0.05) is 25.8 Å².